The van der Waals surface area contributed by atoms with Crippen LogP contribution in [0, 0.1) is 5.92 Å². The van der Waals surface area contributed by atoms with Gasteiger partial charge in [-0.25, -0.2) is 0 Å². The molecule has 1 fully saturated rings. The van der Waals surface area contributed by atoms with Crippen LogP contribution in [0.5, 0.6) is 0 Å². The molecular weight excluding hydrogens is 225 g/mol. The van der Waals surface area contributed by atoms with Crippen LogP contribution >= 0.6 is 7.14 Å². The molecule has 5 heteroatoms. The Morgan fingerprint density at radius 1 is 1.19 bits per heavy atom. The molecule has 0 aromatic carbocycles. The zero-order chi connectivity index (χ0) is 12.0. The van der Waals surface area contributed by atoms with E-state index in [1.54, 1.807) is 0 Å². The lowest BCUT2D eigenvalue weighted by Gasteiger charge is -2.30. The number of piperidine rings is 1. The summed E-state index contributed by atoms with van der Waals surface area (Å²) >= 11 is 0. The Hall–Kier alpha value is -0.470. The third-order valence-corrected chi connectivity index (χ3v) is 6.05. The molecule has 0 aromatic rings. The first-order valence-corrected chi connectivity index (χ1v) is 7.99. The molecule has 1 rings (SSSR count). The predicted molar refractivity (Wildman–Crippen MR) is 64.6 cm³/mol. The van der Waals surface area contributed by atoms with Crippen LogP contribution in [-0.2, 0) is 14.2 Å². The van der Waals surface area contributed by atoms with Crippen molar-refractivity contribution in [2.75, 3.05) is 38.6 Å². The van der Waals surface area contributed by atoms with E-state index in [1.807, 2.05) is 0 Å². The number of carbonyl (C=O) groups is 2. The molecule has 0 aliphatic carbocycles. The van der Waals surface area contributed by atoms with E-state index in [4.69, 9.17) is 0 Å². The maximum Gasteiger partial charge on any atom is 0.127 e. The van der Waals surface area contributed by atoms with Gasteiger partial charge in [0.15, 0.2) is 0 Å². The summed E-state index contributed by atoms with van der Waals surface area (Å²) in [6.07, 6.45) is 4.14. The third-order valence-electron chi connectivity index (χ3n) is 3.24. The molecule has 16 heavy (non-hydrogen) atoms. The first-order valence-electron chi connectivity index (χ1n) is 5.72. The third kappa shape index (κ3) is 4.18. The van der Waals surface area contributed by atoms with Crippen molar-refractivity contribution in [2.45, 2.75) is 12.8 Å². The molecule has 1 aliphatic rings. The molecule has 0 unspecified atom stereocenters. The number of aldehydes is 2. The molecule has 4 nitrogen and oxygen atoms in total. The van der Waals surface area contributed by atoms with E-state index in [2.05, 4.69) is 11.9 Å². The number of rotatable bonds is 6. The summed E-state index contributed by atoms with van der Waals surface area (Å²) < 4.78 is 12.3. The van der Waals surface area contributed by atoms with Gasteiger partial charge < -0.3 is 19.1 Å². The van der Waals surface area contributed by atoms with Crippen molar-refractivity contribution in [3.8, 4) is 0 Å². The smallest absolute Gasteiger partial charge is 0.127 e. The van der Waals surface area contributed by atoms with Crippen LogP contribution < -0.4 is 0 Å². The second-order valence-corrected chi connectivity index (χ2v) is 7.90. The fourth-order valence-electron chi connectivity index (χ4n) is 2.21. The van der Waals surface area contributed by atoms with Gasteiger partial charge in [0, 0.05) is 6.16 Å². The van der Waals surface area contributed by atoms with E-state index in [1.165, 1.54) is 0 Å². The summed E-state index contributed by atoms with van der Waals surface area (Å²) in [5.41, 5.74) is 0. The van der Waals surface area contributed by atoms with Crippen molar-refractivity contribution in [3.05, 3.63) is 0 Å². The van der Waals surface area contributed by atoms with Gasteiger partial charge in [-0.05, 0) is 38.9 Å². The number of carbonyl (C=O) groups excluding carboxylic acids is 2. The van der Waals surface area contributed by atoms with Crippen molar-refractivity contribution in [1.29, 1.82) is 0 Å². The number of nitrogens with zero attached hydrogens (tertiary/aromatic N) is 1. The molecule has 0 N–H and O–H groups in total. The van der Waals surface area contributed by atoms with Crippen molar-refractivity contribution in [1.82, 2.24) is 4.90 Å². The lowest BCUT2D eigenvalue weighted by Crippen LogP contribution is -2.31. The van der Waals surface area contributed by atoms with Crippen LogP contribution in [0.3, 0.4) is 0 Å². The summed E-state index contributed by atoms with van der Waals surface area (Å²) in [5.74, 6) is 0.418. The summed E-state index contributed by atoms with van der Waals surface area (Å²) in [6.45, 7) is 2.04. The molecule has 1 saturated heterocycles. The van der Waals surface area contributed by atoms with Crippen molar-refractivity contribution in [3.63, 3.8) is 0 Å². The van der Waals surface area contributed by atoms with Crippen LogP contribution in [0.15, 0.2) is 0 Å². The SMILES string of the molecule is CN1CCC(CP(=O)(CC=O)CC=O)CC1. The van der Waals surface area contributed by atoms with Crippen LogP contribution in [0.25, 0.3) is 0 Å². The second-order valence-electron chi connectivity index (χ2n) is 4.69. The van der Waals surface area contributed by atoms with Crippen LogP contribution in [-0.4, -0.2) is 56.1 Å². The predicted octanol–water partition coefficient (Wildman–Crippen LogP) is 1.09. The Balaban J connectivity index is 2.51. The largest absolute Gasteiger partial charge is 0.323 e. The van der Waals surface area contributed by atoms with E-state index in [0.717, 1.165) is 25.9 Å². The summed E-state index contributed by atoms with van der Waals surface area (Å²) in [4.78, 5) is 23.2. The Bertz CT molecular complexity index is 271. The van der Waals surface area contributed by atoms with Crippen LogP contribution in [0.4, 0.5) is 0 Å². The van der Waals surface area contributed by atoms with Gasteiger partial charge >= 0.3 is 0 Å². The van der Waals surface area contributed by atoms with E-state index in [0.29, 0.717) is 24.7 Å². The monoisotopic (exact) mass is 245 g/mol. The molecule has 0 spiro atoms. The standard InChI is InChI=1S/C11H20NO3P/c1-12-4-2-11(3-5-12)10-16(15,8-6-13)9-7-14/h6-7,11H,2-5,8-10H2,1H3. The fourth-order valence-corrected chi connectivity index (χ4v) is 4.51. The van der Waals surface area contributed by atoms with Gasteiger partial charge in [0.1, 0.15) is 19.7 Å². The molecule has 1 aliphatic heterocycles. The fraction of sp³-hybridized carbons (Fsp3) is 0.818. The van der Waals surface area contributed by atoms with Gasteiger partial charge in [0.25, 0.3) is 0 Å². The highest BCUT2D eigenvalue weighted by Crippen LogP contribution is 2.47. The van der Waals surface area contributed by atoms with Gasteiger partial charge in [-0.1, -0.05) is 0 Å². The van der Waals surface area contributed by atoms with Gasteiger partial charge in [0.05, 0.1) is 12.3 Å². The summed E-state index contributed by atoms with van der Waals surface area (Å²) in [5, 5.41) is 0. The molecule has 0 aromatic heterocycles. The number of hydrogen-bond donors (Lipinski definition) is 0. The molecule has 0 bridgehead atoms. The zero-order valence-corrected chi connectivity index (χ0v) is 10.7. The second kappa shape index (κ2) is 6.31. The van der Waals surface area contributed by atoms with E-state index in [9.17, 15) is 14.2 Å². The number of likely N-dealkylation sites (tertiary alicyclic amines) is 1. The molecule has 1 heterocycles. The number of hydrogen-bond acceptors (Lipinski definition) is 4. The highest BCUT2D eigenvalue weighted by molar-refractivity contribution is 7.65. The minimum atomic E-state index is -2.56. The average molecular weight is 245 g/mol. The Labute approximate surface area is 96.8 Å². The van der Waals surface area contributed by atoms with Gasteiger partial charge in [-0.15, -0.1) is 0 Å². The maximum absolute atomic E-state index is 12.3. The topological polar surface area (TPSA) is 54.5 Å². The molecule has 0 saturated carbocycles. The lowest BCUT2D eigenvalue weighted by atomic mass is 10.00. The molecule has 0 radical (unpaired) electrons. The van der Waals surface area contributed by atoms with Gasteiger partial charge in [-0.2, -0.15) is 0 Å². The molecule has 0 atom stereocenters. The van der Waals surface area contributed by atoms with Gasteiger partial charge in [-0.3, -0.25) is 0 Å². The van der Waals surface area contributed by atoms with Crippen molar-refractivity contribution < 1.29 is 14.2 Å². The van der Waals surface area contributed by atoms with E-state index >= 15 is 0 Å². The minimum absolute atomic E-state index is 0.0675. The molecular formula is C11H20NO3P. The zero-order valence-electron chi connectivity index (χ0n) is 9.80. The lowest BCUT2D eigenvalue weighted by molar-refractivity contribution is -0.106. The normalized spacial score (nSPS) is 19.6. The summed E-state index contributed by atoms with van der Waals surface area (Å²) in [6, 6.07) is 0. The van der Waals surface area contributed by atoms with Crippen LogP contribution in [0.2, 0.25) is 0 Å². The Kier molecular flexibility index (Phi) is 5.36. The first kappa shape index (κ1) is 13.6. The average Bonchev–Trinajstić information content (AvgIpc) is 2.22. The van der Waals surface area contributed by atoms with Crippen molar-refractivity contribution >= 4 is 19.7 Å². The minimum Gasteiger partial charge on any atom is -0.323 e. The highest BCUT2D eigenvalue weighted by Gasteiger charge is 2.27. The molecule has 0 amide bonds. The van der Waals surface area contributed by atoms with E-state index < -0.39 is 7.14 Å². The molecule has 92 valence electrons. The Morgan fingerprint density at radius 3 is 2.12 bits per heavy atom. The van der Waals surface area contributed by atoms with Gasteiger partial charge in [0.2, 0.25) is 0 Å². The van der Waals surface area contributed by atoms with Crippen LogP contribution in [0.1, 0.15) is 12.8 Å². The Morgan fingerprint density at radius 2 is 1.69 bits per heavy atom. The summed E-state index contributed by atoms with van der Waals surface area (Å²) in [7, 11) is -0.486. The maximum atomic E-state index is 12.3. The quantitative estimate of drug-likeness (QED) is 0.519. The highest BCUT2D eigenvalue weighted by atomic mass is 31.2. The van der Waals surface area contributed by atoms with Crippen molar-refractivity contribution in [2.24, 2.45) is 5.92 Å². The first-order chi connectivity index (χ1) is 7.59. The van der Waals surface area contributed by atoms with E-state index in [-0.39, 0.29) is 12.3 Å².